The number of aliphatic hydroxyl groups excluding tert-OH is 1. The van der Waals surface area contributed by atoms with Crippen LogP contribution < -0.4 is 0 Å². The fourth-order valence-electron chi connectivity index (χ4n) is 3.05. The Bertz CT molecular complexity index is 429. The number of rotatable bonds is 4. The van der Waals surface area contributed by atoms with Crippen LogP contribution in [0.1, 0.15) is 45.1 Å². The van der Waals surface area contributed by atoms with Gasteiger partial charge in [0.05, 0.1) is 11.7 Å². The van der Waals surface area contributed by atoms with Crippen LogP contribution in [0.5, 0.6) is 0 Å². The van der Waals surface area contributed by atoms with Crippen molar-refractivity contribution < 1.29 is 9.84 Å². The first-order valence-corrected chi connectivity index (χ1v) is 8.14. The molecule has 0 radical (unpaired) electrons. The monoisotopic (exact) mass is 340 g/mol. The van der Waals surface area contributed by atoms with Gasteiger partial charge in [-0.05, 0) is 48.8 Å². The predicted molar refractivity (Wildman–Crippen MR) is 85.8 cm³/mol. The highest BCUT2D eigenvalue weighted by Gasteiger charge is 2.43. The molecule has 1 saturated carbocycles. The molecule has 0 bridgehead atoms. The van der Waals surface area contributed by atoms with Crippen molar-refractivity contribution in [2.45, 2.75) is 57.7 Å². The van der Waals surface area contributed by atoms with Gasteiger partial charge in [-0.2, -0.15) is 0 Å². The topological polar surface area (TPSA) is 29.5 Å². The largest absolute Gasteiger partial charge is 0.390 e. The number of ether oxygens (including phenoxy) is 1. The maximum Gasteiger partial charge on any atom is 0.0940 e. The molecule has 0 amide bonds. The number of aliphatic hydroxyl groups is 1. The molecule has 20 heavy (non-hydrogen) atoms. The Morgan fingerprint density at radius 3 is 2.20 bits per heavy atom. The van der Waals surface area contributed by atoms with Crippen LogP contribution in [0.15, 0.2) is 28.7 Å². The SMILES string of the molecule is COC1(C(O)Cc2ccc(Br)cc2)CCC(C)(C)CC1. The minimum Gasteiger partial charge on any atom is -0.390 e. The summed E-state index contributed by atoms with van der Waals surface area (Å²) in [7, 11) is 1.74. The van der Waals surface area contributed by atoms with Gasteiger partial charge in [0.25, 0.3) is 0 Å². The summed E-state index contributed by atoms with van der Waals surface area (Å²) in [6.07, 6.45) is 4.31. The van der Waals surface area contributed by atoms with Crippen molar-refractivity contribution in [2.24, 2.45) is 5.41 Å². The van der Waals surface area contributed by atoms with Gasteiger partial charge in [0, 0.05) is 18.0 Å². The van der Waals surface area contributed by atoms with Crippen LogP contribution >= 0.6 is 15.9 Å². The van der Waals surface area contributed by atoms with Gasteiger partial charge in [0.2, 0.25) is 0 Å². The second-order valence-electron chi connectivity index (χ2n) is 6.78. The average Bonchev–Trinajstić information content (AvgIpc) is 2.42. The fraction of sp³-hybridized carbons (Fsp3) is 0.647. The van der Waals surface area contributed by atoms with Gasteiger partial charge < -0.3 is 9.84 Å². The van der Waals surface area contributed by atoms with E-state index in [-0.39, 0.29) is 5.60 Å². The summed E-state index contributed by atoms with van der Waals surface area (Å²) in [6, 6.07) is 8.16. The molecule has 1 aromatic carbocycles. The highest BCUT2D eigenvalue weighted by atomic mass is 79.9. The van der Waals surface area contributed by atoms with Crippen LogP contribution in [-0.2, 0) is 11.2 Å². The Kier molecular flexibility index (Phi) is 4.93. The molecule has 3 heteroatoms. The smallest absolute Gasteiger partial charge is 0.0940 e. The van der Waals surface area contributed by atoms with E-state index in [1.807, 2.05) is 12.1 Å². The number of benzene rings is 1. The molecule has 2 nitrogen and oxygen atoms in total. The first kappa shape index (κ1) is 16.0. The lowest BCUT2D eigenvalue weighted by molar-refractivity contribution is -0.135. The molecule has 112 valence electrons. The van der Waals surface area contributed by atoms with Gasteiger partial charge in [0.1, 0.15) is 0 Å². The van der Waals surface area contributed by atoms with Crippen LogP contribution in [0.2, 0.25) is 0 Å². The van der Waals surface area contributed by atoms with E-state index in [1.54, 1.807) is 7.11 Å². The van der Waals surface area contributed by atoms with Gasteiger partial charge >= 0.3 is 0 Å². The lowest BCUT2D eigenvalue weighted by atomic mass is 9.68. The van der Waals surface area contributed by atoms with Crippen molar-refractivity contribution in [1.82, 2.24) is 0 Å². The molecular formula is C17H25BrO2. The van der Waals surface area contributed by atoms with Crippen molar-refractivity contribution in [2.75, 3.05) is 7.11 Å². The predicted octanol–water partition coefficient (Wildman–Crippen LogP) is 4.34. The molecule has 1 atom stereocenters. The van der Waals surface area contributed by atoms with Crippen LogP contribution in [0, 0.1) is 5.41 Å². The Morgan fingerprint density at radius 2 is 1.70 bits per heavy atom. The highest BCUT2D eigenvalue weighted by Crippen LogP contribution is 2.43. The van der Waals surface area contributed by atoms with E-state index in [0.717, 1.165) is 35.7 Å². The highest BCUT2D eigenvalue weighted by molar-refractivity contribution is 9.10. The third-order valence-electron chi connectivity index (χ3n) is 4.81. The molecule has 1 aliphatic carbocycles. The summed E-state index contributed by atoms with van der Waals surface area (Å²) in [5.41, 5.74) is 1.16. The molecule has 0 saturated heterocycles. The number of hydrogen-bond acceptors (Lipinski definition) is 2. The summed E-state index contributed by atoms with van der Waals surface area (Å²) in [5, 5.41) is 10.7. The van der Waals surface area contributed by atoms with Crippen LogP contribution in [0.4, 0.5) is 0 Å². The Hall–Kier alpha value is -0.380. The fourth-order valence-corrected chi connectivity index (χ4v) is 3.32. The number of methoxy groups -OCH3 is 1. The minimum absolute atomic E-state index is 0.372. The second kappa shape index (κ2) is 6.17. The van der Waals surface area contributed by atoms with E-state index in [2.05, 4.69) is 41.9 Å². The number of halogens is 1. The van der Waals surface area contributed by atoms with Crippen molar-refractivity contribution in [3.8, 4) is 0 Å². The Balaban J connectivity index is 2.06. The zero-order chi connectivity index (χ0) is 14.8. The van der Waals surface area contributed by atoms with Crippen LogP contribution in [0.3, 0.4) is 0 Å². The molecule has 1 N–H and O–H groups in total. The van der Waals surface area contributed by atoms with Crippen molar-refractivity contribution in [3.05, 3.63) is 34.3 Å². The maximum atomic E-state index is 10.7. The Morgan fingerprint density at radius 1 is 1.15 bits per heavy atom. The third-order valence-corrected chi connectivity index (χ3v) is 5.33. The summed E-state index contributed by atoms with van der Waals surface area (Å²) in [6.45, 7) is 4.60. The van der Waals surface area contributed by atoms with Gasteiger partial charge in [-0.1, -0.05) is 41.9 Å². The van der Waals surface area contributed by atoms with Crippen molar-refractivity contribution in [1.29, 1.82) is 0 Å². The molecule has 1 aromatic rings. The van der Waals surface area contributed by atoms with Crippen molar-refractivity contribution >= 4 is 15.9 Å². The zero-order valence-corrected chi connectivity index (χ0v) is 14.2. The zero-order valence-electron chi connectivity index (χ0n) is 12.7. The average molecular weight is 341 g/mol. The van der Waals surface area contributed by atoms with E-state index < -0.39 is 6.10 Å². The summed E-state index contributed by atoms with van der Waals surface area (Å²) >= 11 is 3.44. The van der Waals surface area contributed by atoms with Crippen LogP contribution in [0.25, 0.3) is 0 Å². The normalized spacial score (nSPS) is 22.4. The standard InChI is InChI=1S/C17H25BrO2/c1-16(2)8-10-17(20-3,11-9-16)15(19)12-13-4-6-14(18)7-5-13/h4-7,15,19H,8-12H2,1-3H3. The molecule has 1 fully saturated rings. The van der Waals surface area contributed by atoms with E-state index >= 15 is 0 Å². The molecule has 0 aliphatic heterocycles. The van der Waals surface area contributed by atoms with E-state index in [9.17, 15) is 5.11 Å². The molecule has 1 aliphatic rings. The summed E-state index contributed by atoms with van der Waals surface area (Å²) in [4.78, 5) is 0. The second-order valence-corrected chi connectivity index (χ2v) is 7.70. The third kappa shape index (κ3) is 3.63. The Labute approximate surface area is 130 Å². The minimum atomic E-state index is -0.440. The van der Waals surface area contributed by atoms with Gasteiger partial charge in [0.15, 0.2) is 0 Å². The summed E-state index contributed by atoms with van der Waals surface area (Å²) < 4.78 is 6.84. The van der Waals surface area contributed by atoms with E-state index in [0.29, 0.717) is 11.8 Å². The lowest BCUT2D eigenvalue weighted by Crippen LogP contribution is -2.49. The van der Waals surface area contributed by atoms with Gasteiger partial charge in [-0.3, -0.25) is 0 Å². The quantitative estimate of drug-likeness (QED) is 0.883. The molecular weight excluding hydrogens is 316 g/mol. The van der Waals surface area contributed by atoms with Crippen LogP contribution in [-0.4, -0.2) is 23.9 Å². The lowest BCUT2D eigenvalue weighted by Gasteiger charge is -2.45. The molecule has 0 heterocycles. The molecule has 1 unspecified atom stereocenters. The molecule has 2 rings (SSSR count). The van der Waals surface area contributed by atoms with Gasteiger partial charge in [-0.25, -0.2) is 0 Å². The maximum absolute atomic E-state index is 10.7. The van der Waals surface area contributed by atoms with E-state index in [1.165, 1.54) is 0 Å². The van der Waals surface area contributed by atoms with E-state index in [4.69, 9.17) is 4.74 Å². The molecule has 0 spiro atoms. The molecule has 0 aromatic heterocycles. The van der Waals surface area contributed by atoms with Gasteiger partial charge in [-0.15, -0.1) is 0 Å². The van der Waals surface area contributed by atoms with Crippen molar-refractivity contribution in [3.63, 3.8) is 0 Å². The first-order chi connectivity index (χ1) is 9.37. The first-order valence-electron chi connectivity index (χ1n) is 7.35. The number of hydrogen-bond donors (Lipinski definition) is 1. The summed E-state index contributed by atoms with van der Waals surface area (Å²) in [5.74, 6) is 0.